The number of hydrogen-bond acceptors (Lipinski definition) is 5. The van der Waals surface area contributed by atoms with Gasteiger partial charge in [0.15, 0.2) is 0 Å². The first-order valence-electron chi connectivity index (χ1n) is 6.46. The van der Waals surface area contributed by atoms with E-state index >= 15 is 0 Å². The van der Waals surface area contributed by atoms with Crippen LogP contribution in [0.3, 0.4) is 0 Å². The van der Waals surface area contributed by atoms with Gasteiger partial charge in [0.1, 0.15) is 11.4 Å². The third-order valence-corrected chi connectivity index (χ3v) is 2.53. The summed E-state index contributed by atoms with van der Waals surface area (Å²) in [6, 6.07) is 3.90. The lowest BCUT2D eigenvalue weighted by Crippen LogP contribution is -2.37. The molecule has 118 valence electrons. The Morgan fingerprint density at radius 1 is 1.45 bits per heavy atom. The summed E-state index contributed by atoms with van der Waals surface area (Å²) in [7, 11) is 1.35. The molecule has 0 atom stereocenters. The summed E-state index contributed by atoms with van der Waals surface area (Å²) in [6.07, 6.45) is 4.63. The standard InChI is InChI=1S/C15H18N2O5/c1-6-9-16(14(18)22-15(2,3)4)12-8-7-11(17(19)20)10-13(12)21-5/h1,7-8,10H,9H2,2-5H3. The van der Waals surface area contributed by atoms with Gasteiger partial charge in [-0.25, -0.2) is 4.79 Å². The normalized spacial score (nSPS) is 10.5. The molecule has 0 aromatic heterocycles. The van der Waals surface area contributed by atoms with Crippen LogP contribution >= 0.6 is 0 Å². The molecule has 1 amide bonds. The third-order valence-electron chi connectivity index (χ3n) is 2.53. The summed E-state index contributed by atoms with van der Waals surface area (Å²) in [5.74, 6) is 2.52. The number of nitro benzene ring substituents is 1. The van der Waals surface area contributed by atoms with Gasteiger partial charge in [-0.05, 0) is 26.8 Å². The van der Waals surface area contributed by atoms with Crippen LogP contribution in [0.2, 0.25) is 0 Å². The van der Waals surface area contributed by atoms with Gasteiger partial charge >= 0.3 is 6.09 Å². The van der Waals surface area contributed by atoms with Gasteiger partial charge in [-0.2, -0.15) is 0 Å². The van der Waals surface area contributed by atoms with E-state index in [2.05, 4.69) is 5.92 Å². The number of benzene rings is 1. The van der Waals surface area contributed by atoms with E-state index in [1.54, 1.807) is 20.8 Å². The van der Waals surface area contributed by atoms with Crippen molar-refractivity contribution in [2.45, 2.75) is 26.4 Å². The molecule has 22 heavy (non-hydrogen) atoms. The second kappa shape index (κ2) is 6.80. The first kappa shape index (κ1) is 17.3. The Bertz CT molecular complexity index is 613. The lowest BCUT2D eigenvalue weighted by molar-refractivity contribution is -0.384. The zero-order valence-corrected chi connectivity index (χ0v) is 13.0. The molecule has 0 saturated carbocycles. The molecule has 0 aliphatic rings. The predicted molar refractivity (Wildman–Crippen MR) is 82.1 cm³/mol. The van der Waals surface area contributed by atoms with E-state index < -0.39 is 16.6 Å². The number of hydrogen-bond donors (Lipinski definition) is 0. The Morgan fingerprint density at radius 3 is 2.55 bits per heavy atom. The maximum Gasteiger partial charge on any atom is 0.415 e. The van der Waals surface area contributed by atoms with E-state index in [0.717, 1.165) is 0 Å². The first-order chi connectivity index (χ1) is 10.2. The van der Waals surface area contributed by atoms with Gasteiger partial charge in [0.05, 0.1) is 30.3 Å². The highest BCUT2D eigenvalue weighted by atomic mass is 16.6. The van der Waals surface area contributed by atoms with Crippen molar-refractivity contribution in [2.75, 3.05) is 18.6 Å². The molecule has 0 radical (unpaired) electrons. The zero-order chi connectivity index (χ0) is 16.9. The van der Waals surface area contributed by atoms with E-state index in [9.17, 15) is 14.9 Å². The Kier molecular flexibility index (Phi) is 5.35. The van der Waals surface area contributed by atoms with Crippen molar-refractivity contribution < 1.29 is 19.2 Å². The maximum atomic E-state index is 12.3. The highest BCUT2D eigenvalue weighted by molar-refractivity contribution is 5.90. The van der Waals surface area contributed by atoms with Crippen LogP contribution in [0, 0.1) is 22.5 Å². The molecule has 7 heteroatoms. The number of nitro groups is 1. The van der Waals surface area contributed by atoms with Gasteiger partial charge in [-0.3, -0.25) is 15.0 Å². The highest BCUT2D eigenvalue weighted by Gasteiger charge is 2.26. The molecule has 0 saturated heterocycles. The molecule has 0 heterocycles. The van der Waals surface area contributed by atoms with Crippen molar-refractivity contribution >= 4 is 17.5 Å². The molecule has 0 N–H and O–H groups in total. The number of anilines is 1. The number of terminal acetylenes is 1. The Hall–Kier alpha value is -2.75. The van der Waals surface area contributed by atoms with E-state index in [1.807, 2.05) is 0 Å². The van der Waals surface area contributed by atoms with E-state index in [1.165, 1.54) is 30.2 Å². The van der Waals surface area contributed by atoms with Crippen LogP contribution in [0.25, 0.3) is 0 Å². The van der Waals surface area contributed by atoms with E-state index in [-0.39, 0.29) is 18.0 Å². The minimum Gasteiger partial charge on any atom is -0.494 e. The monoisotopic (exact) mass is 306 g/mol. The fourth-order valence-corrected chi connectivity index (χ4v) is 1.66. The summed E-state index contributed by atoms with van der Waals surface area (Å²) in [4.78, 5) is 23.7. The smallest absolute Gasteiger partial charge is 0.415 e. The second-order valence-electron chi connectivity index (χ2n) is 5.38. The summed E-state index contributed by atoms with van der Waals surface area (Å²) in [6.45, 7) is 5.13. The fraction of sp³-hybridized carbons (Fsp3) is 0.400. The summed E-state index contributed by atoms with van der Waals surface area (Å²) >= 11 is 0. The summed E-state index contributed by atoms with van der Waals surface area (Å²) in [5, 5.41) is 10.8. The van der Waals surface area contributed by atoms with Crippen molar-refractivity contribution in [2.24, 2.45) is 0 Å². The fourth-order valence-electron chi connectivity index (χ4n) is 1.66. The predicted octanol–water partition coefficient (Wildman–Crippen LogP) is 2.98. The quantitative estimate of drug-likeness (QED) is 0.485. The molecular weight excluding hydrogens is 288 g/mol. The van der Waals surface area contributed by atoms with Crippen molar-refractivity contribution in [1.29, 1.82) is 0 Å². The third kappa shape index (κ3) is 4.38. The number of non-ortho nitro benzene ring substituents is 1. The average molecular weight is 306 g/mol. The van der Waals surface area contributed by atoms with Gasteiger partial charge in [0.2, 0.25) is 0 Å². The van der Waals surface area contributed by atoms with Gasteiger partial charge in [0.25, 0.3) is 5.69 Å². The van der Waals surface area contributed by atoms with Crippen LogP contribution in [0.15, 0.2) is 18.2 Å². The molecule has 1 aromatic rings. The lowest BCUT2D eigenvalue weighted by Gasteiger charge is -2.27. The Balaban J connectivity index is 3.24. The largest absolute Gasteiger partial charge is 0.494 e. The molecule has 0 aliphatic carbocycles. The molecule has 0 aliphatic heterocycles. The van der Waals surface area contributed by atoms with Crippen molar-refractivity contribution in [1.82, 2.24) is 0 Å². The minimum atomic E-state index is -0.696. The number of carbonyl (C=O) groups is 1. The van der Waals surface area contributed by atoms with Crippen LogP contribution in [-0.2, 0) is 4.74 Å². The molecule has 0 fully saturated rings. The molecule has 0 bridgehead atoms. The molecule has 7 nitrogen and oxygen atoms in total. The lowest BCUT2D eigenvalue weighted by atomic mass is 10.2. The molecule has 1 aromatic carbocycles. The Morgan fingerprint density at radius 2 is 2.09 bits per heavy atom. The van der Waals surface area contributed by atoms with Crippen molar-refractivity contribution in [3.8, 4) is 18.1 Å². The average Bonchev–Trinajstić information content (AvgIpc) is 2.42. The summed E-state index contributed by atoms with van der Waals surface area (Å²) in [5.41, 5.74) is -0.538. The number of methoxy groups -OCH3 is 1. The van der Waals surface area contributed by atoms with Crippen molar-refractivity contribution in [3.63, 3.8) is 0 Å². The summed E-state index contributed by atoms with van der Waals surface area (Å²) < 4.78 is 10.4. The zero-order valence-electron chi connectivity index (χ0n) is 13.0. The Labute approximate surface area is 129 Å². The first-order valence-corrected chi connectivity index (χ1v) is 6.46. The van der Waals surface area contributed by atoms with Crippen LogP contribution in [0.1, 0.15) is 20.8 Å². The van der Waals surface area contributed by atoms with E-state index in [0.29, 0.717) is 5.69 Å². The number of rotatable bonds is 4. The van der Waals surface area contributed by atoms with Crippen LogP contribution in [-0.4, -0.2) is 30.3 Å². The van der Waals surface area contributed by atoms with Gasteiger partial charge in [-0.15, -0.1) is 6.42 Å². The SMILES string of the molecule is C#CCN(C(=O)OC(C)(C)C)c1ccc([N+](=O)[O-])cc1OC. The van der Waals surface area contributed by atoms with Crippen LogP contribution < -0.4 is 9.64 Å². The number of carbonyl (C=O) groups excluding carboxylic acids is 1. The molecule has 0 spiro atoms. The molecular formula is C15H18N2O5. The number of amides is 1. The maximum absolute atomic E-state index is 12.3. The molecule has 0 unspecified atom stereocenters. The van der Waals surface area contributed by atoms with E-state index in [4.69, 9.17) is 15.9 Å². The van der Waals surface area contributed by atoms with Crippen LogP contribution in [0.4, 0.5) is 16.2 Å². The van der Waals surface area contributed by atoms with Gasteiger partial charge in [-0.1, -0.05) is 5.92 Å². The van der Waals surface area contributed by atoms with Gasteiger partial charge in [0, 0.05) is 6.07 Å². The highest BCUT2D eigenvalue weighted by Crippen LogP contribution is 2.32. The number of nitrogens with zero attached hydrogens (tertiary/aromatic N) is 2. The number of ether oxygens (including phenoxy) is 2. The second-order valence-corrected chi connectivity index (χ2v) is 5.38. The van der Waals surface area contributed by atoms with Gasteiger partial charge < -0.3 is 9.47 Å². The van der Waals surface area contributed by atoms with Crippen molar-refractivity contribution in [3.05, 3.63) is 28.3 Å². The molecule has 1 rings (SSSR count). The van der Waals surface area contributed by atoms with Crippen LogP contribution in [0.5, 0.6) is 5.75 Å². The minimum absolute atomic E-state index is 0.0525. The topological polar surface area (TPSA) is 81.9 Å².